The number of hydrogen-bond acceptors (Lipinski definition) is 3. The largest absolute Gasteiger partial charge is 0.507 e. The fraction of sp³-hybridized carbons (Fsp3) is 0.222. The number of rotatable bonds is 2. The molecule has 2 amide bonds. The number of carbonyl (C=O) groups is 2. The zero-order valence-electron chi connectivity index (χ0n) is 13.6. The van der Waals surface area contributed by atoms with Gasteiger partial charge in [0.25, 0.3) is 11.8 Å². The maximum atomic E-state index is 13.1. The summed E-state index contributed by atoms with van der Waals surface area (Å²) in [5.74, 6) is -1.19. The molecule has 1 heterocycles. The van der Waals surface area contributed by atoms with E-state index in [1.807, 2.05) is 0 Å². The summed E-state index contributed by atoms with van der Waals surface area (Å²) < 4.78 is 13.8. The lowest BCUT2D eigenvalue weighted by Gasteiger charge is -2.35. The van der Waals surface area contributed by atoms with Gasteiger partial charge in [-0.1, -0.05) is 27.5 Å². The lowest BCUT2D eigenvalue weighted by atomic mass is 10.1. The molecule has 26 heavy (non-hydrogen) atoms. The highest BCUT2D eigenvalue weighted by Crippen LogP contribution is 2.25. The Kier molecular flexibility index (Phi) is 5.48. The van der Waals surface area contributed by atoms with Crippen LogP contribution in [0.3, 0.4) is 0 Å². The summed E-state index contributed by atoms with van der Waals surface area (Å²) in [5.41, 5.74) is 0.452. The molecule has 3 rings (SSSR count). The molecule has 2 aromatic rings. The summed E-state index contributed by atoms with van der Waals surface area (Å²) in [5, 5.41) is 10.0. The summed E-state index contributed by atoms with van der Waals surface area (Å²) in [4.78, 5) is 28.3. The molecule has 5 nitrogen and oxygen atoms in total. The summed E-state index contributed by atoms with van der Waals surface area (Å²) in [6, 6.07) is 8.35. The highest BCUT2D eigenvalue weighted by Gasteiger charge is 2.27. The summed E-state index contributed by atoms with van der Waals surface area (Å²) in [6.45, 7) is 1.32. The highest BCUT2D eigenvalue weighted by atomic mass is 79.9. The van der Waals surface area contributed by atoms with Crippen molar-refractivity contribution in [3.63, 3.8) is 0 Å². The first-order chi connectivity index (χ1) is 12.4. The Morgan fingerprint density at radius 1 is 0.962 bits per heavy atom. The Morgan fingerprint density at radius 2 is 1.50 bits per heavy atom. The zero-order chi connectivity index (χ0) is 18.8. The van der Waals surface area contributed by atoms with Crippen molar-refractivity contribution in [2.45, 2.75) is 0 Å². The highest BCUT2D eigenvalue weighted by molar-refractivity contribution is 9.10. The van der Waals surface area contributed by atoms with Crippen LogP contribution in [0.1, 0.15) is 20.7 Å². The second kappa shape index (κ2) is 7.63. The van der Waals surface area contributed by atoms with Gasteiger partial charge in [0.05, 0.1) is 16.1 Å². The number of nitrogens with zero attached hydrogens (tertiary/aromatic N) is 2. The molecule has 1 fully saturated rings. The molecular formula is C18H15BrClFN2O3. The standard InChI is InChI=1S/C18H15BrClFN2O3/c19-11-1-3-14(16(24)9-11)18(26)23-7-5-22(6-8-23)17(25)13-4-2-12(21)10-15(13)20/h1-4,9-10,24H,5-8H2. The Morgan fingerprint density at radius 3 is 2.04 bits per heavy atom. The number of benzene rings is 2. The van der Waals surface area contributed by atoms with Crippen molar-refractivity contribution in [3.8, 4) is 5.75 Å². The van der Waals surface area contributed by atoms with Crippen molar-refractivity contribution >= 4 is 39.3 Å². The van der Waals surface area contributed by atoms with Gasteiger partial charge in [0.15, 0.2) is 0 Å². The van der Waals surface area contributed by atoms with Crippen LogP contribution in [0.5, 0.6) is 5.75 Å². The third-order valence-electron chi connectivity index (χ3n) is 4.21. The SMILES string of the molecule is O=C(c1ccc(Br)cc1O)N1CCN(C(=O)c2ccc(F)cc2Cl)CC1. The van der Waals surface area contributed by atoms with E-state index in [0.717, 1.165) is 6.07 Å². The molecule has 136 valence electrons. The predicted octanol–water partition coefficient (Wildman–Crippen LogP) is 3.55. The van der Waals surface area contributed by atoms with Crippen LogP contribution in [0.4, 0.5) is 4.39 Å². The van der Waals surface area contributed by atoms with Crippen molar-refractivity contribution in [2.75, 3.05) is 26.2 Å². The van der Waals surface area contributed by atoms with Crippen LogP contribution in [0.15, 0.2) is 40.9 Å². The molecule has 0 radical (unpaired) electrons. The fourth-order valence-corrected chi connectivity index (χ4v) is 3.40. The summed E-state index contributed by atoms with van der Waals surface area (Å²) in [7, 11) is 0. The molecule has 0 aliphatic carbocycles. The number of piperazine rings is 1. The summed E-state index contributed by atoms with van der Waals surface area (Å²) >= 11 is 9.18. The van der Waals surface area contributed by atoms with Crippen molar-refractivity contribution < 1.29 is 19.1 Å². The Bertz CT molecular complexity index is 798. The maximum absolute atomic E-state index is 13.1. The third kappa shape index (κ3) is 3.83. The van der Waals surface area contributed by atoms with E-state index in [4.69, 9.17) is 11.6 Å². The lowest BCUT2D eigenvalue weighted by Crippen LogP contribution is -2.50. The molecule has 1 N–H and O–H groups in total. The molecular weight excluding hydrogens is 427 g/mol. The third-order valence-corrected chi connectivity index (χ3v) is 5.01. The number of amides is 2. The Labute approximate surface area is 163 Å². The molecule has 1 aliphatic heterocycles. The van der Waals surface area contributed by atoms with Gasteiger partial charge in [-0.25, -0.2) is 4.39 Å². The average molecular weight is 442 g/mol. The van der Waals surface area contributed by atoms with Gasteiger partial charge in [-0.3, -0.25) is 9.59 Å². The normalized spacial score (nSPS) is 14.4. The van der Waals surface area contributed by atoms with Crippen molar-refractivity contribution in [3.05, 3.63) is 62.8 Å². The van der Waals surface area contributed by atoms with Gasteiger partial charge in [-0.05, 0) is 36.4 Å². The molecule has 8 heteroatoms. The summed E-state index contributed by atoms with van der Waals surface area (Å²) in [6.07, 6.45) is 0. The van der Waals surface area contributed by atoms with Gasteiger partial charge < -0.3 is 14.9 Å². The second-order valence-electron chi connectivity index (χ2n) is 5.87. The van der Waals surface area contributed by atoms with E-state index in [1.165, 1.54) is 18.2 Å². The van der Waals surface area contributed by atoms with E-state index >= 15 is 0 Å². The van der Waals surface area contributed by atoms with E-state index in [1.54, 1.807) is 21.9 Å². The minimum Gasteiger partial charge on any atom is -0.507 e. The van der Waals surface area contributed by atoms with Crippen molar-refractivity contribution in [2.24, 2.45) is 0 Å². The average Bonchev–Trinajstić information content (AvgIpc) is 2.61. The number of phenols is 1. The first kappa shape index (κ1) is 18.7. The molecule has 0 spiro atoms. The van der Waals surface area contributed by atoms with Gasteiger partial charge >= 0.3 is 0 Å². The van der Waals surface area contributed by atoms with E-state index in [0.29, 0.717) is 30.7 Å². The van der Waals surface area contributed by atoms with Crippen LogP contribution in [0.25, 0.3) is 0 Å². The van der Waals surface area contributed by atoms with Gasteiger partial charge in [0.1, 0.15) is 11.6 Å². The van der Waals surface area contributed by atoms with Crippen molar-refractivity contribution in [1.82, 2.24) is 9.80 Å². The molecule has 0 aromatic heterocycles. The molecule has 0 unspecified atom stereocenters. The minimum absolute atomic E-state index is 0.0632. The molecule has 1 saturated heterocycles. The number of halogens is 3. The van der Waals surface area contributed by atoms with Gasteiger partial charge in [-0.2, -0.15) is 0 Å². The van der Waals surface area contributed by atoms with E-state index < -0.39 is 5.82 Å². The van der Waals surface area contributed by atoms with Crippen molar-refractivity contribution in [1.29, 1.82) is 0 Å². The number of hydrogen-bond donors (Lipinski definition) is 1. The topological polar surface area (TPSA) is 60.9 Å². The van der Waals surface area contributed by atoms with E-state index in [-0.39, 0.29) is 33.7 Å². The molecule has 0 saturated carbocycles. The number of aromatic hydroxyl groups is 1. The number of carbonyl (C=O) groups excluding carboxylic acids is 2. The molecule has 1 aliphatic rings. The molecule has 0 atom stereocenters. The van der Waals surface area contributed by atoms with Crippen LogP contribution in [-0.4, -0.2) is 52.9 Å². The van der Waals surface area contributed by atoms with Crippen LogP contribution >= 0.6 is 27.5 Å². The van der Waals surface area contributed by atoms with Gasteiger partial charge in [0.2, 0.25) is 0 Å². The van der Waals surface area contributed by atoms with E-state index in [9.17, 15) is 19.1 Å². The first-order valence-electron chi connectivity index (χ1n) is 7.89. The van der Waals surface area contributed by atoms with Gasteiger partial charge in [0, 0.05) is 30.7 Å². The smallest absolute Gasteiger partial charge is 0.257 e. The van der Waals surface area contributed by atoms with Crippen LogP contribution in [0.2, 0.25) is 5.02 Å². The van der Waals surface area contributed by atoms with E-state index in [2.05, 4.69) is 15.9 Å². The predicted molar refractivity (Wildman–Crippen MR) is 99.0 cm³/mol. The monoisotopic (exact) mass is 440 g/mol. The number of phenolic OH excluding ortho intramolecular Hbond substituents is 1. The Hall–Kier alpha value is -2.12. The van der Waals surface area contributed by atoms with Crippen LogP contribution < -0.4 is 0 Å². The zero-order valence-corrected chi connectivity index (χ0v) is 15.9. The maximum Gasteiger partial charge on any atom is 0.257 e. The minimum atomic E-state index is -0.503. The first-order valence-corrected chi connectivity index (χ1v) is 9.06. The molecule has 2 aromatic carbocycles. The van der Waals surface area contributed by atoms with Crippen LogP contribution in [-0.2, 0) is 0 Å². The second-order valence-corrected chi connectivity index (χ2v) is 7.19. The Balaban J connectivity index is 1.67. The van der Waals surface area contributed by atoms with Crippen LogP contribution in [0, 0.1) is 5.82 Å². The lowest BCUT2D eigenvalue weighted by molar-refractivity contribution is 0.0533. The van der Waals surface area contributed by atoms with Gasteiger partial charge in [-0.15, -0.1) is 0 Å². The quantitative estimate of drug-likeness (QED) is 0.775. The molecule has 0 bridgehead atoms. The fourth-order valence-electron chi connectivity index (χ4n) is 2.80.